The van der Waals surface area contributed by atoms with Gasteiger partial charge < -0.3 is 18.9 Å². The van der Waals surface area contributed by atoms with E-state index in [0.717, 1.165) is 18.2 Å². The third-order valence-corrected chi connectivity index (χ3v) is 4.90. The summed E-state index contributed by atoms with van der Waals surface area (Å²) in [5, 5.41) is 11.2. The number of benzene rings is 3. The Labute approximate surface area is 203 Å². The first-order valence-corrected chi connectivity index (χ1v) is 10.3. The number of carbonyl (C=O) groups is 1. The van der Waals surface area contributed by atoms with Gasteiger partial charge in [0.25, 0.3) is 0 Å². The molecule has 188 valence electrons. The maximum Gasteiger partial charge on any atom is 0.387 e. The van der Waals surface area contributed by atoms with Crippen LogP contribution in [0.4, 0.5) is 18.9 Å². The summed E-state index contributed by atoms with van der Waals surface area (Å²) in [5.74, 6) is -1.18. The average Bonchev–Trinajstić information content (AvgIpc) is 2.85. The first kappa shape index (κ1) is 26.1. The van der Waals surface area contributed by atoms with Gasteiger partial charge in [0.2, 0.25) is 0 Å². The maximum atomic E-state index is 13.6. The molecule has 0 atom stereocenters. The fraction of sp³-hybridized carbons (Fsp3) is 0.160. The minimum atomic E-state index is -3.04. The van der Waals surface area contributed by atoms with Gasteiger partial charge in [-0.3, -0.25) is 14.9 Å². The number of hydrogen-bond donors (Lipinski definition) is 0. The molecule has 11 heteroatoms. The van der Waals surface area contributed by atoms with Crippen LogP contribution in [-0.2, 0) is 6.61 Å². The predicted molar refractivity (Wildman–Crippen MR) is 123 cm³/mol. The summed E-state index contributed by atoms with van der Waals surface area (Å²) in [4.78, 5) is 23.1. The van der Waals surface area contributed by atoms with E-state index in [9.17, 15) is 28.1 Å². The van der Waals surface area contributed by atoms with Crippen LogP contribution in [0.5, 0.6) is 23.0 Å². The lowest BCUT2D eigenvalue weighted by atomic mass is 10.1. The van der Waals surface area contributed by atoms with Crippen molar-refractivity contribution in [1.29, 1.82) is 0 Å². The number of hydrogen-bond acceptors (Lipinski definition) is 7. The lowest BCUT2D eigenvalue weighted by molar-refractivity contribution is -0.386. The van der Waals surface area contributed by atoms with E-state index < -0.39 is 28.8 Å². The van der Waals surface area contributed by atoms with E-state index >= 15 is 0 Å². The second-order valence-corrected chi connectivity index (χ2v) is 7.17. The summed E-state index contributed by atoms with van der Waals surface area (Å²) in [5.41, 5.74) is 0.847. The Morgan fingerprint density at radius 2 is 1.69 bits per heavy atom. The monoisotopic (exact) mass is 503 g/mol. The van der Waals surface area contributed by atoms with Gasteiger partial charge in [-0.1, -0.05) is 12.1 Å². The van der Waals surface area contributed by atoms with Crippen molar-refractivity contribution in [3.05, 3.63) is 93.3 Å². The van der Waals surface area contributed by atoms with Gasteiger partial charge in [-0.15, -0.1) is 0 Å². The quantitative estimate of drug-likeness (QED) is 0.141. The molecule has 0 radical (unpaired) electrons. The Morgan fingerprint density at radius 3 is 2.36 bits per heavy atom. The second kappa shape index (κ2) is 11.7. The van der Waals surface area contributed by atoms with Crippen molar-refractivity contribution >= 4 is 17.5 Å². The molecule has 0 aliphatic carbocycles. The molecule has 0 amide bonds. The van der Waals surface area contributed by atoms with Crippen LogP contribution in [0, 0.1) is 15.9 Å². The van der Waals surface area contributed by atoms with Gasteiger partial charge in [0.1, 0.15) is 18.2 Å². The van der Waals surface area contributed by atoms with Gasteiger partial charge in [0.05, 0.1) is 19.1 Å². The molecule has 8 nitrogen and oxygen atoms in total. The SMILES string of the molecule is COc1ccc(/C=C/C(=O)c2ccc(OC(F)F)c(OC)c2)cc1COc1cc(F)ccc1[N+](=O)[O-]. The number of ketones is 1. The minimum Gasteiger partial charge on any atom is -0.496 e. The van der Waals surface area contributed by atoms with Gasteiger partial charge in [0, 0.05) is 23.3 Å². The van der Waals surface area contributed by atoms with Crippen LogP contribution in [-0.4, -0.2) is 31.5 Å². The number of rotatable bonds is 11. The summed E-state index contributed by atoms with van der Waals surface area (Å²) >= 11 is 0. The molecule has 0 aliphatic heterocycles. The van der Waals surface area contributed by atoms with E-state index in [2.05, 4.69) is 4.74 Å². The third kappa shape index (κ3) is 6.53. The fourth-order valence-electron chi connectivity index (χ4n) is 3.21. The lowest BCUT2D eigenvalue weighted by Crippen LogP contribution is -2.04. The van der Waals surface area contributed by atoms with Gasteiger partial charge >= 0.3 is 12.3 Å². The Kier molecular flexibility index (Phi) is 8.50. The van der Waals surface area contributed by atoms with Crippen molar-refractivity contribution < 1.29 is 41.8 Å². The van der Waals surface area contributed by atoms with E-state index in [-0.39, 0.29) is 29.4 Å². The molecule has 0 saturated carbocycles. The summed E-state index contributed by atoms with van der Waals surface area (Å²) in [6.07, 6.45) is 2.78. The maximum absolute atomic E-state index is 13.6. The van der Waals surface area contributed by atoms with E-state index in [1.54, 1.807) is 18.2 Å². The fourth-order valence-corrected chi connectivity index (χ4v) is 3.21. The second-order valence-electron chi connectivity index (χ2n) is 7.17. The van der Waals surface area contributed by atoms with Crippen molar-refractivity contribution in [3.63, 3.8) is 0 Å². The zero-order valence-corrected chi connectivity index (χ0v) is 19.1. The topological polar surface area (TPSA) is 97.1 Å². The third-order valence-electron chi connectivity index (χ3n) is 4.90. The van der Waals surface area contributed by atoms with Crippen molar-refractivity contribution in [2.45, 2.75) is 13.2 Å². The normalized spacial score (nSPS) is 10.9. The molecule has 3 aromatic carbocycles. The van der Waals surface area contributed by atoms with Crippen LogP contribution in [0.25, 0.3) is 6.08 Å². The van der Waals surface area contributed by atoms with Gasteiger partial charge in [0.15, 0.2) is 23.0 Å². The molecular weight excluding hydrogens is 483 g/mol. The average molecular weight is 503 g/mol. The molecular formula is C25H20F3NO7. The number of nitrogens with zero attached hydrogens (tertiary/aromatic N) is 1. The zero-order valence-electron chi connectivity index (χ0n) is 19.1. The summed E-state index contributed by atoms with van der Waals surface area (Å²) in [6, 6.07) is 11.6. The highest BCUT2D eigenvalue weighted by atomic mass is 19.3. The van der Waals surface area contributed by atoms with Crippen LogP contribution in [0.15, 0.2) is 60.7 Å². The Morgan fingerprint density at radius 1 is 0.972 bits per heavy atom. The lowest BCUT2D eigenvalue weighted by Gasteiger charge is -2.12. The number of methoxy groups -OCH3 is 2. The number of carbonyl (C=O) groups excluding carboxylic acids is 1. The number of ether oxygens (including phenoxy) is 4. The number of nitro benzene ring substituents is 1. The molecule has 0 saturated heterocycles. The predicted octanol–water partition coefficient (Wildman–Crippen LogP) is 5.83. The number of nitro groups is 1. The summed E-state index contributed by atoms with van der Waals surface area (Å²) in [6.45, 7) is -3.22. The number of halogens is 3. The molecule has 0 aliphatic rings. The Balaban J connectivity index is 1.79. The first-order chi connectivity index (χ1) is 17.2. The van der Waals surface area contributed by atoms with Crippen LogP contribution in [0.1, 0.15) is 21.5 Å². The van der Waals surface area contributed by atoms with Crippen molar-refractivity contribution in [2.24, 2.45) is 0 Å². The van der Waals surface area contributed by atoms with E-state index in [4.69, 9.17) is 14.2 Å². The van der Waals surface area contributed by atoms with E-state index in [1.807, 2.05) is 0 Å². The molecule has 0 heterocycles. The highest BCUT2D eigenvalue weighted by molar-refractivity contribution is 6.07. The largest absolute Gasteiger partial charge is 0.496 e. The van der Waals surface area contributed by atoms with Gasteiger partial charge in [-0.05, 0) is 48.0 Å². The molecule has 0 fully saturated rings. The molecule has 3 aromatic rings. The highest BCUT2D eigenvalue weighted by Crippen LogP contribution is 2.31. The Hall–Kier alpha value is -4.54. The molecule has 0 aromatic heterocycles. The molecule has 0 unspecified atom stereocenters. The van der Waals surface area contributed by atoms with E-state index in [1.165, 1.54) is 44.6 Å². The molecule has 0 N–H and O–H groups in total. The summed E-state index contributed by atoms with van der Waals surface area (Å²) < 4.78 is 58.7. The molecule has 3 rings (SSSR count). The standard InChI is InChI=1S/C25H20F3NO7/c1-33-21-9-4-15(11-17(21)14-35-23-13-18(26)6-7-19(23)29(31)32)3-8-20(30)16-5-10-22(36-25(27)28)24(12-16)34-2/h3-13,25H,14H2,1-2H3/b8-3+. The van der Waals surface area contributed by atoms with Crippen molar-refractivity contribution in [2.75, 3.05) is 14.2 Å². The van der Waals surface area contributed by atoms with Crippen LogP contribution < -0.4 is 18.9 Å². The van der Waals surface area contributed by atoms with Crippen molar-refractivity contribution in [3.8, 4) is 23.0 Å². The molecule has 36 heavy (non-hydrogen) atoms. The van der Waals surface area contributed by atoms with Crippen molar-refractivity contribution in [1.82, 2.24) is 0 Å². The van der Waals surface area contributed by atoms with Crippen LogP contribution in [0.2, 0.25) is 0 Å². The molecule has 0 spiro atoms. The Bertz CT molecular complexity index is 1290. The molecule has 0 bridgehead atoms. The van der Waals surface area contributed by atoms with Crippen LogP contribution >= 0.6 is 0 Å². The number of alkyl halides is 2. The summed E-state index contributed by atoms with van der Waals surface area (Å²) in [7, 11) is 2.69. The smallest absolute Gasteiger partial charge is 0.387 e. The van der Waals surface area contributed by atoms with Crippen LogP contribution in [0.3, 0.4) is 0 Å². The first-order valence-electron chi connectivity index (χ1n) is 10.3. The van der Waals surface area contributed by atoms with Gasteiger partial charge in [-0.2, -0.15) is 8.78 Å². The van der Waals surface area contributed by atoms with E-state index in [0.29, 0.717) is 16.9 Å². The highest BCUT2D eigenvalue weighted by Gasteiger charge is 2.17. The zero-order chi connectivity index (χ0) is 26.2. The number of allylic oxidation sites excluding steroid dienone is 1. The minimum absolute atomic E-state index is 0.0233. The van der Waals surface area contributed by atoms with Gasteiger partial charge in [-0.25, -0.2) is 4.39 Å².